The molecule has 2 aromatic carbocycles. The first-order valence-corrected chi connectivity index (χ1v) is 9.93. The standard InChI is InChI=1S/C22H24N4O5/c1-2-30-22(29)26(25-13-3-4-14-25)20(27)16-5-7-17(8-6-16)21(28)31-18-11-9-15(10-12-18)19(23)24/h5-12H,2-4,13-14H2,1H3,(H3,23,24). The summed E-state index contributed by atoms with van der Waals surface area (Å²) in [6, 6.07) is 12.1. The van der Waals surface area contributed by atoms with Crippen LogP contribution in [0.4, 0.5) is 4.79 Å². The molecule has 0 atom stereocenters. The molecule has 0 aliphatic carbocycles. The average molecular weight is 424 g/mol. The van der Waals surface area contributed by atoms with Gasteiger partial charge in [0.2, 0.25) is 0 Å². The zero-order chi connectivity index (χ0) is 22.4. The number of nitrogens with one attached hydrogen (secondary N) is 1. The van der Waals surface area contributed by atoms with Gasteiger partial charge in [0, 0.05) is 24.2 Å². The summed E-state index contributed by atoms with van der Waals surface area (Å²) in [4.78, 5) is 37.7. The van der Waals surface area contributed by atoms with E-state index in [1.807, 2.05) is 0 Å². The predicted octanol–water partition coefficient (Wildman–Crippen LogP) is 2.80. The molecule has 0 unspecified atom stereocenters. The van der Waals surface area contributed by atoms with Crippen LogP contribution in [-0.2, 0) is 4.74 Å². The highest BCUT2D eigenvalue weighted by molar-refractivity contribution is 6.03. The van der Waals surface area contributed by atoms with Crippen LogP contribution in [0, 0.1) is 5.41 Å². The summed E-state index contributed by atoms with van der Waals surface area (Å²) in [5, 5.41) is 10.1. The second kappa shape index (κ2) is 9.86. The molecule has 1 aliphatic rings. The zero-order valence-electron chi connectivity index (χ0n) is 17.2. The third kappa shape index (κ3) is 5.26. The molecule has 0 radical (unpaired) electrons. The lowest BCUT2D eigenvalue weighted by atomic mass is 10.1. The molecular weight excluding hydrogens is 400 g/mol. The number of hydrogen-bond acceptors (Lipinski definition) is 7. The van der Waals surface area contributed by atoms with Gasteiger partial charge >= 0.3 is 12.1 Å². The van der Waals surface area contributed by atoms with Gasteiger partial charge in [-0.1, -0.05) is 0 Å². The second-order valence-corrected chi connectivity index (χ2v) is 6.88. The molecule has 0 spiro atoms. The first-order valence-electron chi connectivity index (χ1n) is 9.93. The molecule has 1 aliphatic heterocycles. The van der Waals surface area contributed by atoms with E-state index in [1.165, 1.54) is 24.3 Å². The van der Waals surface area contributed by atoms with Gasteiger partial charge in [-0.15, -0.1) is 0 Å². The Balaban J connectivity index is 1.71. The number of nitrogen functional groups attached to an aromatic ring is 1. The summed E-state index contributed by atoms with van der Waals surface area (Å²) in [7, 11) is 0. The molecule has 9 heteroatoms. The molecule has 0 aromatic heterocycles. The van der Waals surface area contributed by atoms with Crippen molar-refractivity contribution in [2.45, 2.75) is 19.8 Å². The van der Waals surface area contributed by atoms with Gasteiger partial charge in [0.15, 0.2) is 0 Å². The maximum atomic E-state index is 12.9. The van der Waals surface area contributed by atoms with Crippen LogP contribution >= 0.6 is 0 Å². The number of rotatable bonds is 6. The van der Waals surface area contributed by atoms with Gasteiger partial charge in [-0.05, 0) is 68.3 Å². The maximum absolute atomic E-state index is 12.9. The van der Waals surface area contributed by atoms with Crippen LogP contribution in [0.1, 0.15) is 46.0 Å². The van der Waals surface area contributed by atoms with Crippen LogP contribution in [-0.4, -0.2) is 53.5 Å². The number of imide groups is 1. The van der Waals surface area contributed by atoms with Crippen LogP contribution in [0.5, 0.6) is 5.75 Å². The van der Waals surface area contributed by atoms with Gasteiger partial charge in [-0.25, -0.2) is 14.6 Å². The zero-order valence-corrected chi connectivity index (χ0v) is 17.2. The summed E-state index contributed by atoms with van der Waals surface area (Å²) in [5.41, 5.74) is 6.42. The lowest BCUT2D eigenvalue weighted by Crippen LogP contribution is -2.49. The average Bonchev–Trinajstić information content (AvgIpc) is 3.28. The van der Waals surface area contributed by atoms with Gasteiger partial charge in [0.05, 0.1) is 12.2 Å². The van der Waals surface area contributed by atoms with E-state index in [0.717, 1.165) is 17.9 Å². The lowest BCUT2D eigenvalue weighted by molar-refractivity contribution is 0.00173. The molecule has 3 rings (SSSR count). The third-order valence-electron chi connectivity index (χ3n) is 4.74. The predicted molar refractivity (Wildman–Crippen MR) is 113 cm³/mol. The number of carbonyl (C=O) groups excluding carboxylic acids is 3. The van der Waals surface area contributed by atoms with E-state index >= 15 is 0 Å². The minimum absolute atomic E-state index is 0.0797. The largest absolute Gasteiger partial charge is 0.448 e. The Morgan fingerprint density at radius 1 is 0.968 bits per heavy atom. The molecule has 3 N–H and O–H groups in total. The van der Waals surface area contributed by atoms with Gasteiger partial charge in [0.1, 0.15) is 11.6 Å². The molecule has 0 saturated carbocycles. The van der Waals surface area contributed by atoms with Crippen molar-refractivity contribution >= 4 is 23.8 Å². The molecule has 9 nitrogen and oxygen atoms in total. The Labute approximate surface area is 179 Å². The molecule has 2 amide bonds. The Kier molecular flexibility index (Phi) is 6.99. The van der Waals surface area contributed by atoms with Crippen LogP contribution < -0.4 is 10.5 Å². The van der Waals surface area contributed by atoms with Crippen molar-refractivity contribution in [1.29, 1.82) is 5.41 Å². The van der Waals surface area contributed by atoms with E-state index in [1.54, 1.807) is 36.2 Å². The monoisotopic (exact) mass is 424 g/mol. The fraction of sp³-hybridized carbons (Fsp3) is 0.273. The Morgan fingerprint density at radius 3 is 2.06 bits per heavy atom. The quantitative estimate of drug-likeness (QED) is 0.316. The van der Waals surface area contributed by atoms with Crippen molar-refractivity contribution in [2.75, 3.05) is 19.7 Å². The topological polar surface area (TPSA) is 126 Å². The minimum Gasteiger partial charge on any atom is -0.448 e. The van der Waals surface area contributed by atoms with E-state index < -0.39 is 18.0 Å². The molecule has 2 aromatic rings. The SMILES string of the molecule is CCOC(=O)N(C(=O)c1ccc(C(=O)Oc2ccc(C(=N)N)cc2)cc1)N1CCCC1. The molecule has 31 heavy (non-hydrogen) atoms. The summed E-state index contributed by atoms with van der Waals surface area (Å²) in [5.74, 6) is -0.891. The van der Waals surface area contributed by atoms with Crippen LogP contribution in [0.2, 0.25) is 0 Å². The number of nitrogens with two attached hydrogens (primary N) is 1. The Bertz CT molecular complexity index is 966. The van der Waals surface area contributed by atoms with Crippen molar-refractivity contribution in [1.82, 2.24) is 10.0 Å². The fourth-order valence-corrected chi connectivity index (χ4v) is 3.15. The number of benzene rings is 2. The molecular formula is C22H24N4O5. The number of amidine groups is 1. The van der Waals surface area contributed by atoms with Crippen LogP contribution in [0.25, 0.3) is 0 Å². The van der Waals surface area contributed by atoms with Gasteiger partial charge in [-0.3, -0.25) is 10.2 Å². The highest BCUT2D eigenvalue weighted by Gasteiger charge is 2.32. The summed E-state index contributed by atoms with van der Waals surface area (Å²) >= 11 is 0. The summed E-state index contributed by atoms with van der Waals surface area (Å²) < 4.78 is 10.3. The van der Waals surface area contributed by atoms with Crippen molar-refractivity contribution < 1.29 is 23.9 Å². The number of nitrogens with zero attached hydrogens (tertiary/aromatic N) is 2. The molecule has 1 fully saturated rings. The van der Waals surface area contributed by atoms with E-state index in [9.17, 15) is 14.4 Å². The van der Waals surface area contributed by atoms with E-state index in [0.29, 0.717) is 24.4 Å². The molecule has 162 valence electrons. The number of carbonyl (C=O) groups is 3. The van der Waals surface area contributed by atoms with E-state index in [2.05, 4.69) is 0 Å². The third-order valence-corrected chi connectivity index (χ3v) is 4.74. The summed E-state index contributed by atoms with van der Waals surface area (Å²) in [6.45, 7) is 3.03. The number of hydrogen-bond donors (Lipinski definition) is 2. The lowest BCUT2D eigenvalue weighted by Gasteiger charge is -2.28. The van der Waals surface area contributed by atoms with Crippen molar-refractivity contribution in [3.63, 3.8) is 0 Å². The highest BCUT2D eigenvalue weighted by Crippen LogP contribution is 2.18. The van der Waals surface area contributed by atoms with Crippen molar-refractivity contribution in [3.8, 4) is 5.75 Å². The Hall–Kier alpha value is -3.72. The van der Waals surface area contributed by atoms with Crippen LogP contribution in [0.3, 0.4) is 0 Å². The minimum atomic E-state index is -0.716. The van der Waals surface area contributed by atoms with Crippen molar-refractivity contribution in [2.24, 2.45) is 5.73 Å². The van der Waals surface area contributed by atoms with Gasteiger partial charge < -0.3 is 15.2 Å². The van der Waals surface area contributed by atoms with Gasteiger partial charge in [-0.2, -0.15) is 5.01 Å². The van der Waals surface area contributed by atoms with E-state index in [4.69, 9.17) is 20.6 Å². The van der Waals surface area contributed by atoms with Crippen molar-refractivity contribution in [3.05, 3.63) is 65.2 Å². The molecule has 0 bridgehead atoms. The number of hydrazine groups is 1. The molecule has 1 saturated heterocycles. The highest BCUT2D eigenvalue weighted by atomic mass is 16.6. The first-order chi connectivity index (χ1) is 14.9. The van der Waals surface area contributed by atoms with Gasteiger partial charge in [0.25, 0.3) is 5.91 Å². The Morgan fingerprint density at radius 2 is 1.52 bits per heavy atom. The fourth-order valence-electron chi connectivity index (χ4n) is 3.15. The molecule has 1 heterocycles. The summed E-state index contributed by atoms with van der Waals surface area (Å²) in [6.07, 6.45) is 1.06. The number of amides is 2. The normalized spacial score (nSPS) is 13.5. The second-order valence-electron chi connectivity index (χ2n) is 6.88. The number of esters is 1. The number of ether oxygens (including phenoxy) is 2. The first kappa shape index (κ1) is 22.0. The van der Waals surface area contributed by atoms with E-state index in [-0.39, 0.29) is 23.6 Å². The smallest absolute Gasteiger partial charge is 0.431 e. The maximum Gasteiger partial charge on any atom is 0.431 e. The van der Waals surface area contributed by atoms with Crippen LogP contribution in [0.15, 0.2) is 48.5 Å².